The highest BCUT2D eigenvalue weighted by molar-refractivity contribution is 5.26. The summed E-state index contributed by atoms with van der Waals surface area (Å²) in [5.74, 6) is 10.1. The third kappa shape index (κ3) is 7.65. The van der Waals surface area contributed by atoms with Crippen LogP contribution in [0.2, 0.25) is 0 Å². The first-order chi connectivity index (χ1) is 14.8. The molecule has 30 heavy (non-hydrogen) atoms. The number of aryl methyl sites for hydroxylation is 1. The molecule has 0 heterocycles. The van der Waals surface area contributed by atoms with E-state index in [-0.39, 0.29) is 0 Å². The highest BCUT2D eigenvalue weighted by atomic mass is 14.3. The summed E-state index contributed by atoms with van der Waals surface area (Å²) in [5.41, 5.74) is 3.07. The third-order valence-corrected chi connectivity index (χ3v) is 7.57. The van der Waals surface area contributed by atoms with E-state index in [1.54, 1.807) is 5.56 Å². The lowest BCUT2D eigenvalue weighted by atomic mass is 9.78. The summed E-state index contributed by atoms with van der Waals surface area (Å²) in [6.45, 7) is 4.60. The second-order valence-electron chi connectivity index (χ2n) is 9.96. The van der Waals surface area contributed by atoms with Crippen LogP contribution >= 0.6 is 0 Å². The SMILES string of the molecule is CCCCCc1ccc(C2CCC(C#CC=CC3CCC(CCC)CC3)CC2)cc1. The Balaban J connectivity index is 1.37. The van der Waals surface area contributed by atoms with Crippen molar-refractivity contribution in [2.24, 2.45) is 17.8 Å². The Labute approximate surface area is 186 Å². The first-order valence-corrected chi connectivity index (χ1v) is 13.0. The molecule has 0 aliphatic heterocycles. The molecule has 0 nitrogen and oxygen atoms in total. The molecule has 0 amide bonds. The van der Waals surface area contributed by atoms with Crippen molar-refractivity contribution in [2.45, 2.75) is 110 Å². The molecule has 2 saturated carbocycles. The van der Waals surface area contributed by atoms with Gasteiger partial charge < -0.3 is 0 Å². The van der Waals surface area contributed by atoms with Gasteiger partial charge in [-0.25, -0.2) is 0 Å². The molecule has 0 aromatic heterocycles. The minimum Gasteiger partial charge on any atom is -0.0951 e. The molecular weight excluding hydrogens is 360 g/mol. The smallest absolute Gasteiger partial charge is 0.0206 e. The average Bonchev–Trinajstić information content (AvgIpc) is 2.79. The molecule has 0 saturated heterocycles. The Morgan fingerprint density at radius 1 is 0.833 bits per heavy atom. The van der Waals surface area contributed by atoms with Crippen LogP contribution in [0.1, 0.15) is 114 Å². The molecule has 0 unspecified atom stereocenters. The largest absolute Gasteiger partial charge is 0.0951 e. The van der Waals surface area contributed by atoms with Crippen molar-refractivity contribution in [3.05, 3.63) is 47.5 Å². The van der Waals surface area contributed by atoms with Gasteiger partial charge in [-0.15, -0.1) is 0 Å². The van der Waals surface area contributed by atoms with Crippen LogP contribution < -0.4 is 0 Å². The van der Waals surface area contributed by atoms with E-state index >= 15 is 0 Å². The van der Waals surface area contributed by atoms with Gasteiger partial charge in [-0.05, 0) is 99.2 Å². The maximum atomic E-state index is 3.56. The zero-order valence-corrected chi connectivity index (χ0v) is 19.7. The van der Waals surface area contributed by atoms with E-state index in [4.69, 9.17) is 0 Å². The molecule has 0 heteroatoms. The maximum absolute atomic E-state index is 3.56. The number of rotatable bonds is 8. The highest BCUT2D eigenvalue weighted by Crippen LogP contribution is 2.36. The number of unbranched alkanes of at least 4 members (excludes halogenated alkanes) is 2. The predicted octanol–water partition coefficient (Wildman–Crippen LogP) is 8.86. The zero-order valence-electron chi connectivity index (χ0n) is 19.7. The second kappa shape index (κ2) is 13.0. The molecule has 0 atom stereocenters. The molecule has 3 rings (SSSR count). The van der Waals surface area contributed by atoms with Crippen LogP contribution in [0.15, 0.2) is 36.4 Å². The van der Waals surface area contributed by atoms with E-state index in [1.807, 2.05) is 0 Å². The summed E-state index contributed by atoms with van der Waals surface area (Å²) in [6.07, 6.45) is 23.4. The van der Waals surface area contributed by atoms with Gasteiger partial charge in [-0.2, -0.15) is 0 Å². The molecule has 0 radical (unpaired) electrons. The summed E-state index contributed by atoms with van der Waals surface area (Å²) < 4.78 is 0. The standard InChI is InChI=1S/C30H44/c1-3-5-6-10-27-17-21-29(22-18-27)30-23-19-28(20-24-30)12-8-7-11-26-15-13-25(9-4-2)14-16-26/h7,11,17-18,21-22,25-26,28,30H,3-6,9-10,13-16,19-20,23-24H2,1-2H3. The average molecular weight is 405 g/mol. The number of hydrogen-bond acceptors (Lipinski definition) is 0. The van der Waals surface area contributed by atoms with Crippen LogP contribution in [0.5, 0.6) is 0 Å². The lowest BCUT2D eigenvalue weighted by molar-refractivity contribution is 0.294. The molecule has 2 aliphatic rings. The van der Waals surface area contributed by atoms with Gasteiger partial charge in [0.25, 0.3) is 0 Å². The van der Waals surface area contributed by atoms with Gasteiger partial charge >= 0.3 is 0 Å². The fourth-order valence-corrected chi connectivity index (χ4v) is 5.53. The van der Waals surface area contributed by atoms with E-state index in [9.17, 15) is 0 Å². The van der Waals surface area contributed by atoms with Gasteiger partial charge in [0.15, 0.2) is 0 Å². The Hall–Kier alpha value is -1.48. The van der Waals surface area contributed by atoms with E-state index < -0.39 is 0 Å². The van der Waals surface area contributed by atoms with Gasteiger partial charge in [0.05, 0.1) is 0 Å². The van der Waals surface area contributed by atoms with Crippen LogP contribution in [-0.2, 0) is 6.42 Å². The fraction of sp³-hybridized carbons (Fsp3) is 0.667. The van der Waals surface area contributed by atoms with Gasteiger partial charge in [0, 0.05) is 5.92 Å². The van der Waals surface area contributed by atoms with Crippen molar-refractivity contribution in [3.63, 3.8) is 0 Å². The lowest BCUT2D eigenvalue weighted by Gasteiger charge is -2.26. The van der Waals surface area contributed by atoms with Crippen molar-refractivity contribution < 1.29 is 0 Å². The third-order valence-electron chi connectivity index (χ3n) is 7.57. The fourth-order valence-electron chi connectivity index (χ4n) is 5.53. The van der Waals surface area contributed by atoms with Crippen molar-refractivity contribution in [1.82, 2.24) is 0 Å². The quantitative estimate of drug-likeness (QED) is 0.300. The number of hydrogen-bond donors (Lipinski definition) is 0. The van der Waals surface area contributed by atoms with E-state index in [2.05, 4.69) is 62.1 Å². The monoisotopic (exact) mass is 404 g/mol. The van der Waals surface area contributed by atoms with Gasteiger partial charge in [0.1, 0.15) is 0 Å². The van der Waals surface area contributed by atoms with E-state index in [1.165, 1.54) is 95.5 Å². The van der Waals surface area contributed by atoms with E-state index in [0.717, 1.165) is 17.8 Å². The number of benzene rings is 1. The number of allylic oxidation sites excluding steroid dienone is 2. The van der Waals surface area contributed by atoms with Gasteiger partial charge in [0.2, 0.25) is 0 Å². The summed E-state index contributed by atoms with van der Waals surface area (Å²) >= 11 is 0. The highest BCUT2D eigenvalue weighted by Gasteiger charge is 2.21. The minimum atomic E-state index is 0.611. The van der Waals surface area contributed by atoms with Crippen molar-refractivity contribution in [1.29, 1.82) is 0 Å². The molecule has 2 aliphatic carbocycles. The second-order valence-corrected chi connectivity index (χ2v) is 9.96. The Kier molecular flexibility index (Phi) is 10.1. The van der Waals surface area contributed by atoms with Gasteiger partial charge in [-0.3, -0.25) is 0 Å². The zero-order chi connectivity index (χ0) is 21.0. The van der Waals surface area contributed by atoms with Crippen LogP contribution in [0, 0.1) is 29.6 Å². The first-order valence-electron chi connectivity index (χ1n) is 13.0. The molecule has 0 spiro atoms. The van der Waals surface area contributed by atoms with Crippen LogP contribution in [0.3, 0.4) is 0 Å². The molecule has 1 aromatic carbocycles. The lowest BCUT2D eigenvalue weighted by Crippen LogP contribution is -2.12. The molecule has 0 bridgehead atoms. The van der Waals surface area contributed by atoms with Crippen LogP contribution in [-0.4, -0.2) is 0 Å². The summed E-state index contributed by atoms with van der Waals surface area (Å²) in [4.78, 5) is 0. The van der Waals surface area contributed by atoms with Crippen molar-refractivity contribution >= 4 is 0 Å². The first kappa shape index (κ1) is 23.2. The van der Waals surface area contributed by atoms with Gasteiger partial charge in [-0.1, -0.05) is 81.7 Å². The maximum Gasteiger partial charge on any atom is 0.0206 e. The normalized spacial score (nSPS) is 27.0. The Bertz CT molecular complexity index is 667. The molecule has 2 fully saturated rings. The topological polar surface area (TPSA) is 0 Å². The minimum absolute atomic E-state index is 0.611. The molecule has 164 valence electrons. The molecule has 1 aromatic rings. The summed E-state index contributed by atoms with van der Waals surface area (Å²) in [7, 11) is 0. The van der Waals surface area contributed by atoms with Crippen molar-refractivity contribution in [2.75, 3.05) is 0 Å². The molecule has 0 N–H and O–H groups in total. The summed E-state index contributed by atoms with van der Waals surface area (Å²) in [6, 6.07) is 9.54. The van der Waals surface area contributed by atoms with Crippen LogP contribution in [0.4, 0.5) is 0 Å². The Morgan fingerprint density at radius 3 is 2.23 bits per heavy atom. The van der Waals surface area contributed by atoms with Crippen molar-refractivity contribution in [3.8, 4) is 11.8 Å². The predicted molar refractivity (Wildman–Crippen MR) is 132 cm³/mol. The Morgan fingerprint density at radius 2 is 1.57 bits per heavy atom. The van der Waals surface area contributed by atoms with Crippen LogP contribution in [0.25, 0.3) is 0 Å². The summed E-state index contributed by atoms with van der Waals surface area (Å²) in [5, 5.41) is 0. The molecular formula is C30H44. The van der Waals surface area contributed by atoms with E-state index in [0.29, 0.717) is 5.92 Å².